The number of rotatable bonds is 3. The van der Waals surface area contributed by atoms with Crippen LogP contribution in [0.5, 0.6) is 5.75 Å². The molecule has 6 nitrogen and oxygen atoms in total. The average Bonchev–Trinajstić information content (AvgIpc) is 3.05. The molecule has 0 spiro atoms. The van der Waals surface area contributed by atoms with Gasteiger partial charge in [-0.25, -0.2) is 0 Å². The highest BCUT2D eigenvalue weighted by Gasteiger charge is 2.34. The maximum absolute atomic E-state index is 12.5. The Labute approximate surface area is 140 Å². The van der Waals surface area contributed by atoms with Gasteiger partial charge in [0.25, 0.3) is 5.91 Å². The fourth-order valence-corrected chi connectivity index (χ4v) is 2.98. The van der Waals surface area contributed by atoms with Crippen LogP contribution in [-0.2, 0) is 9.63 Å². The van der Waals surface area contributed by atoms with Crippen LogP contribution in [0.3, 0.4) is 0 Å². The van der Waals surface area contributed by atoms with Gasteiger partial charge in [0.2, 0.25) is 6.10 Å². The van der Waals surface area contributed by atoms with Crippen LogP contribution in [0.25, 0.3) is 0 Å². The van der Waals surface area contributed by atoms with Crippen LogP contribution in [0.15, 0.2) is 23.4 Å². The van der Waals surface area contributed by atoms with Gasteiger partial charge in [-0.05, 0) is 25.2 Å². The van der Waals surface area contributed by atoms with Crippen molar-refractivity contribution in [2.75, 3.05) is 40.3 Å². The molecule has 0 N–H and O–H groups in total. The smallest absolute Gasteiger partial charge is 0.266 e. The van der Waals surface area contributed by atoms with Crippen molar-refractivity contribution in [1.82, 2.24) is 9.80 Å². The minimum Gasteiger partial charge on any atom is -0.497 e. The van der Waals surface area contributed by atoms with E-state index < -0.39 is 6.10 Å². The van der Waals surface area contributed by atoms with Gasteiger partial charge in [0.15, 0.2) is 0 Å². The number of benzene rings is 1. The molecule has 23 heavy (non-hydrogen) atoms. The summed E-state index contributed by atoms with van der Waals surface area (Å²) in [6, 6.07) is 5.36. The molecule has 0 radical (unpaired) electrons. The number of nitrogens with zero attached hydrogens (tertiary/aromatic N) is 3. The first-order chi connectivity index (χ1) is 11.1. The van der Waals surface area contributed by atoms with Crippen LogP contribution in [0.2, 0.25) is 5.02 Å². The lowest BCUT2D eigenvalue weighted by Crippen LogP contribution is -2.50. The van der Waals surface area contributed by atoms with E-state index in [1.165, 1.54) is 0 Å². The summed E-state index contributed by atoms with van der Waals surface area (Å²) in [7, 11) is 3.65. The Morgan fingerprint density at radius 3 is 2.78 bits per heavy atom. The number of carbonyl (C=O) groups excluding carboxylic acids is 1. The van der Waals surface area contributed by atoms with Crippen molar-refractivity contribution in [3.05, 3.63) is 28.8 Å². The lowest BCUT2D eigenvalue weighted by molar-refractivity contribution is -0.143. The molecule has 1 atom stereocenters. The molecule has 0 aromatic heterocycles. The van der Waals surface area contributed by atoms with Crippen LogP contribution < -0.4 is 4.74 Å². The number of ether oxygens (including phenoxy) is 1. The zero-order chi connectivity index (χ0) is 16.4. The molecule has 2 aliphatic rings. The zero-order valence-electron chi connectivity index (χ0n) is 13.3. The molecule has 1 amide bonds. The van der Waals surface area contributed by atoms with Gasteiger partial charge in [0.05, 0.1) is 17.8 Å². The second kappa shape index (κ2) is 6.76. The fraction of sp³-hybridized carbons (Fsp3) is 0.500. The van der Waals surface area contributed by atoms with Gasteiger partial charge in [-0.3, -0.25) is 4.79 Å². The summed E-state index contributed by atoms with van der Waals surface area (Å²) in [5.41, 5.74) is 1.43. The minimum atomic E-state index is -0.560. The maximum Gasteiger partial charge on any atom is 0.266 e. The van der Waals surface area contributed by atoms with Crippen molar-refractivity contribution in [3.8, 4) is 5.75 Å². The van der Waals surface area contributed by atoms with E-state index in [4.69, 9.17) is 21.2 Å². The van der Waals surface area contributed by atoms with Crippen LogP contribution in [-0.4, -0.2) is 67.9 Å². The van der Waals surface area contributed by atoms with Crippen molar-refractivity contribution < 1.29 is 14.4 Å². The Bertz CT molecular complexity index is 627. The summed E-state index contributed by atoms with van der Waals surface area (Å²) in [4.78, 5) is 22.0. The molecule has 124 valence electrons. The number of methoxy groups -OCH3 is 1. The molecular weight excluding hydrogens is 318 g/mol. The third-order valence-electron chi connectivity index (χ3n) is 4.24. The number of oxime groups is 1. The van der Waals surface area contributed by atoms with Crippen molar-refractivity contribution >= 4 is 23.2 Å². The number of carbonyl (C=O) groups is 1. The number of hydrogen-bond acceptors (Lipinski definition) is 5. The highest BCUT2D eigenvalue weighted by atomic mass is 35.5. The van der Waals surface area contributed by atoms with Crippen molar-refractivity contribution in [2.24, 2.45) is 5.16 Å². The van der Waals surface area contributed by atoms with Gasteiger partial charge in [-0.1, -0.05) is 16.8 Å². The van der Waals surface area contributed by atoms with Crippen molar-refractivity contribution in [3.63, 3.8) is 0 Å². The first kappa shape index (κ1) is 16.1. The van der Waals surface area contributed by atoms with Crippen LogP contribution in [0, 0.1) is 0 Å². The van der Waals surface area contributed by atoms with Gasteiger partial charge >= 0.3 is 0 Å². The molecule has 1 saturated heterocycles. The molecule has 7 heteroatoms. The predicted octanol–water partition coefficient (Wildman–Crippen LogP) is 1.62. The van der Waals surface area contributed by atoms with Gasteiger partial charge in [-0.15, -0.1) is 0 Å². The highest BCUT2D eigenvalue weighted by molar-refractivity contribution is 6.34. The van der Waals surface area contributed by atoms with E-state index in [9.17, 15) is 4.79 Å². The standard InChI is InChI=1S/C16H20ClN3O3/c1-19-5-7-20(8-6-19)16(21)15-10-14(18-23-15)12-9-11(22-2)3-4-13(12)17/h3-4,9,15H,5-8,10H2,1-2H3. The topological polar surface area (TPSA) is 54.4 Å². The number of amides is 1. The first-order valence-electron chi connectivity index (χ1n) is 7.62. The van der Waals surface area contributed by atoms with Crippen molar-refractivity contribution in [1.29, 1.82) is 0 Å². The van der Waals surface area contributed by atoms with E-state index >= 15 is 0 Å². The zero-order valence-corrected chi connectivity index (χ0v) is 14.0. The predicted molar refractivity (Wildman–Crippen MR) is 88.1 cm³/mol. The first-order valence-corrected chi connectivity index (χ1v) is 8.00. The Morgan fingerprint density at radius 2 is 2.09 bits per heavy atom. The molecule has 0 aliphatic carbocycles. The normalized spacial score (nSPS) is 21.8. The third kappa shape index (κ3) is 3.43. The average molecular weight is 338 g/mol. The molecule has 3 rings (SSSR count). The van der Waals surface area contributed by atoms with Gasteiger partial charge in [0.1, 0.15) is 5.75 Å². The van der Waals surface area contributed by atoms with E-state index in [1.807, 2.05) is 11.0 Å². The third-order valence-corrected chi connectivity index (χ3v) is 4.57. The molecular formula is C16H20ClN3O3. The van der Waals surface area contributed by atoms with E-state index in [2.05, 4.69) is 17.1 Å². The number of piperazine rings is 1. The van der Waals surface area contributed by atoms with E-state index in [1.54, 1.807) is 19.2 Å². The van der Waals surface area contributed by atoms with Crippen LogP contribution in [0.4, 0.5) is 0 Å². The SMILES string of the molecule is COc1ccc(Cl)c(C2=NOC(C(=O)N3CCN(C)CC3)C2)c1. The lowest BCUT2D eigenvalue weighted by Gasteiger charge is -2.33. The quantitative estimate of drug-likeness (QED) is 0.841. The molecule has 1 aromatic carbocycles. The summed E-state index contributed by atoms with van der Waals surface area (Å²) < 4.78 is 5.21. The van der Waals surface area contributed by atoms with E-state index in [0.29, 0.717) is 22.9 Å². The summed E-state index contributed by atoms with van der Waals surface area (Å²) in [5, 5.41) is 4.64. The van der Waals surface area contributed by atoms with Crippen LogP contribution in [0.1, 0.15) is 12.0 Å². The monoisotopic (exact) mass is 337 g/mol. The molecule has 2 heterocycles. The minimum absolute atomic E-state index is 0.00383. The number of likely N-dealkylation sites (N-methyl/N-ethyl adjacent to an activating group) is 1. The Morgan fingerprint density at radius 1 is 1.35 bits per heavy atom. The number of halogens is 1. The molecule has 0 bridgehead atoms. The molecule has 1 unspecified atom stereocenters. The fourth-order valence-electron chi connectivity index (χ4n) is 2.75. The second-order valence-electron chi connectivity index (χ2n) is 5.81. The largest absolute Gasteiger partial charge is 0.497 e. The van der Waals surface area contributed by atoms with Crippen molar-refractivity contribution in [2.45, 2.75) is 12.5 Å². The van der Waals surface area contributed by atoms with E-state index in [0.717, 1.165) is 31.7 Å². The summed E-state index contributed by atoms with van der Waals surface area (Å²) in [6.07, 6.45) is -0.131. The van der Waals surface area contributed by atoms with E-state index in [-0.39, 0.29) is 5.91 Å². The maximum atomic E-state index is 12.5. The Balaban J connectivity index is 1.67. The van der Waals surface area contributed by atoms with Gasteiger partial charge in [0, 0.05) is 38.2 Å². The Hall–Kier alpha value is -1.79. The molecule has 2 aliphatic heterocycles. The summed E-state index contributed by atoms with van der Waals surface area (Å²) in [5.74, 6) is 0.691. The number of hydrogen-bond donors (Lipinski definition) is 0. The molecule has 1 fully saturated rings. The summed E-state index contributed by atoms with van der Waals surface area (Å²) in [6.45, 7) is 3.22. The lowest BCUT2D eigenvalue weighted by atomic mass is 10.0. The van der Waals surface area contributed by atoms with Gasteiger partial charge < -0.3 is 19.4 Å². The molecule has 1 aromatic rings. The second-order valence-corrected chi connectivity index (χ2v) is 6.22. The molecule has 0 saturated carbocycles. The Kier molecular flexibility index (Phi) is 4.73. The highest BCUT2D eigenvalue weighted by Crippen LogP contribution is 2.27. The van der Waals surface area contributed by atoms with Gasteiger partial charge in [-0.2, -0.15) is 0 Å². The van der Waals surface area contributed by atoms with Crippen LogP contribution >= 0.6 is 11.6 Å². The summed E-state index contributed by atoms with van der Waals surface area (Å²) >= 11 is 6.23.